The number of urea groups is 1. The van der Waals surface area contributed by atoms with Crippen molar-refractivity contribution in [3.05, 3.63) is 65.7 Å². The molecule has 2 rings (SSSR count). The molecule has 1 atom stereocenters. The van der Waals surface area contributed by atoms with Crippen molar-refractivity contribution in [2.45, 2.75) is 45.9 Å². The minimum atomic E-state index is -1.14. The highest BCUT2D eigenvalue weighted by Gasteiger charge is 2.22. The summed E-state index contributed by atoms with van der Waals surface area (Å²) in [5.74, 6) is -0.893. The Kier molecular flexibility index (Phi) is 7.36. The topological polar surface area (TPSA) is 93.7 Å². The predicted octanol–water partition coefficient (Wildman–Crippen LogP) is 3.44. The average Bonchev–Trinajstić information content (AvgIpc) is 2.65. The third-order valence-electron chi connectivity index (χ3n) is 3.70. The first kappa shape index (κ1) is 21.9. The average molecular weight is 398 g/mol. The largest absolute Gasteiger partial charge is 0.489 e. The summed E-state index contributed by atoms with van der Waals surface area (Å²) in [6.45, 7) is 7.11. The van der Waals surface area contributed by atoms with Gasteiger partial charge in [-0.25, -0.2) is 9.59 Å². The minimum Gasteiger partial charge on any atom is -0.489 e. The van der Waals surface area contributed by atoms with E-state index >= 15 is 0 Å². The maximum atomic E-state index is 12.3. The number of amides is 3. The van der Waals surface area contributed by atoms with Crippen LogP contribution in [0, 0.1) is 0 Å². The third-order valence-corrected chi connectivity index (χ3v) is 3.70. The number of nitrogens with one attached hydrogen (secondary N) is 2. The van der Waals surface area contributed by atoms with Crippen LogP contribution in [0.3, 0.4) is 0 Å². The molecule has 0 aliphatic rings. The lowest BCUT2D eigenvalue weighted by Crippen LogP contribution is -2.50. The zero-order chi connectivity index (χ0) is 21.4. The number of rotatable bonds is 6. The second kappa shape index (κ2) is 9.73. The van der Waals surface area contributed by atoms with E-state index in [1.54, 1.807) is 45.0 Å². The van der Waals surface area contributed by atoms with E-state index in [-0.39, 0.29) is 5.56 Å². The van der Waals surface area contributed by atoms with E-state index in [0.717, 1.165) is 5.56 Å². The fourth-order valence-corrected chi connectivity index (χ4v) is 2.32. The van der Waals surface area contributed by atoms with Crippen molar-refractivity contribution in [1.29, 1.82) is 0 Å². The van der Waals surface area contributed by atoms with Crippen LogP contribution in [-0.4, -0.2) is 29.6 Å². The lowest BCUT2D eigenvalue weighted by molar-refractivity contribution is -0.127. The molecule has 0 heterocycles. The molecular formula is C22H26N2O5. The van der Waals surface area contributed by atoms with Gasteiger partial charge in [-0.1, -0.05) is 36.4 Å². The molecule has 0 saturated carbocycles. The summed E-state index contributed by atoms with van der Waals surface area (Å²) >= 11 is 0. The number of imide groups is 1. The highest BCUT2D eigenvalue weighted by molar-refractivity contribution is 5.98. The smallest absolute Gasteiger partial charge is 0.339 e. The molecule has 0 aliphatic carbocycles. The van der Waals surface area contributed by atoms with Gasteiger partial charge >= 0.3 is 12.0 Å². The Morgan fingerprint density at radius 3 is 2.34 bits per heavy atom. The molecule has 0 unspecified atom stereocenters. The van der Waals surface area contributed by atoms with Gasteiger partial charge < -0.3 is 14.8 Å². The van der Waals surface area contributed by atoms with E-state index in [4.69, 9.17) is 9.47 Å². The Balaban J connectivity index is 1.91. The molecule has 3 amide bonds. The molecule has 0 fully saturated rings. The van der Waals surface area contributed by atoms with E-state index in [9.17, 15) is 14.4 Å². The number of hydrogen-bond donors (Lipinski definition) is 2. The molecule has 0 aromatic heterocycles. The number of benzene rings is 2. The summed E-state index contributed by atoms with van der Waals surface area (Å²) in [6.07, 6.45) is -1.14. The summed E-state index contributed by atoms with van der Waals surface area (Å²) in [5.41, 5.74) is 0.749. The number of hydrogen-bond acceptors (Lipinski definition) is 5. The summed E-state index contributed by atoms with van der Waals surface area (Å²) in [4.78, 5) is 36.2. The van der Waals surface area contributed by atoms with E-state index in [2.05, 4.69) is 10.6 Å². The first-order valence-corrected chi connectivity index (χ1v) is 9.25. The lowest BCUT2D eigenvalue weighted by Gasteiger charge is -2.21. The van der Waals surface area contributed by atoms with E-state index < -0.39 is 29.6 Å². The fourth-order valence-electron chi connectivity index (χ4n) is 2.32. The summed E-state index contributed by atoms with van der Waals surface area (Å²) in [7, 11) is 0. The zero-order valence-corrected chi connectivity index (χ0v) is 17.0. The number of ether oxygens (including phenoxy) is 2. The van der Waals surface area contributed by atoms with Crippen LogP contribution in [0.1, 0.15) is 43.6 Å². The number of carbonyl (C=O) groups excluding carboxylic acids is 3. The number of esters is 1. The van der Waals surface area contributed by atoms with Crippen LogP contribution < -0.4 is 15.4 Å². The molecule has 2 aromatic rings. The SMILES string of the molecule is C[C@H](OC(=O)c1cccc(OCc2ccccc2)c1)C(=O)NC(=O)NC(C)(C)C. The summed E-state index contributed by atoms with van der Waals surface area (Å²) in [5, 5.41) is 4.75. The molecule has 154 valence electrons. The van der Waals surface area contributed by atoms with E-state index in [1.165, 1.54) is 6.92 Å². The van der Waals surface area contributed by atoms with Gasteiger partial charge in [-0.2, -0.15) is 0 Å². The van der Waals surface area contributed by atoms with Crippen LogP contribution >= 0.6 is 0 Å². The van der Waals surface area contributed by atoms with Crippen molar-refractivity contribution in [3.63, 3.8) is 0 Å². The Morgan fingerprint density at radius 2 is 1.69 bits per heavy atom. The fraction of sp³-hybridized carbons (Fsp3) is 0.318. The predicted molar refractivity (Wildman–Crippen MR) is 109 cm³/mol. The summed E-state index contributed by atoms with van der Waals surface area (Å²) < 4.78 is 10.9. The van der Waals surface area contributed by atoms with E-state index in [0.29, 0.717) is 12.4 Å². The van der Waals surface area contributed by atoms with Gasteiger partial charge in [0.05, 0.1) is 5.56 Å². The van der Waals surface area contributed by atoms with Gasteiger partial charge in [-0.15, -0.1) is 0 Å². The van der Waals surface area contributed by atoms with Crippen LogP contribution in [0.2, 0.25) is 0 Å². The Morgan fingerprint density at radius 1 is 1.00 bits per heavy atom. The van der Waals surface area contributed by atoms with Crippen LogP contribution in [0.4, 0.5) is 4.79 Å². The quantitative estimate of drug-likeness (QED) is 0.727. The van der Waals surface area contributed by atoms with Crippen LogP contribution in [0.25, 0.3) is 0 Å². The molecule has 0 radical (unpaired) electrons. The molecule has 0 aliphatic heterocycles. The molecule has 2 N–H and O–H groups in total. The van der Waals surface area contributed by atoms with Gasteiger partial charge in [0.2, 0.25) is 0 Å². The Labute approximate surface area is 170 Å². The van der Waals surface area contributed by atoms with Gasteiger partial charge in [-0.05, 0) is 51.5 Å². The van der Waals surface area contributed by atoms with Crippen molar-refractivity contribution in [1.82, 2.24) is 10.6 Å². The van der Waals surface area contributed by atoms with Gasteiger partial charge in [0.25, 0.3) is 5.91 Å². The van der Waals surface area contributed by atoms with Crippen LogP contribution in [0.5, 0.6) is 5.75 Å². The van der Waals surface area contributed by atoms with Crippen molar-refractivity contribution >= 4 is 17.9 Å². The van der Waals surface area contributed by atoms with Gasteiger partial charge in [-0.3, -0.25) is 10.1 Å². The molecule has 7 heteroatoms. The molecule has 0 bridgehead atoms. The molecular weight excluding hydrogens is 372 g/mol. The standard InChI is InChI=1S/C22H26N2O5/c1-15(19(25)23-21(27)24-22(2,3)4)29-20(26)17-11-8-12-18(13-17)28-14-16-9-6-5-7-10-16/h5-13,15H,14H2,1-4H3,(H2,23,24,25,27)/t15-/m0/s1. The highest BCUT2D eigenvalue weighted by atomic mass is 16.5. The lowest BCUT2D eigenvalue weighted by atomic mass is 10.1. The van der Waals surface area contributed by atoms with E-state index in [1.807, 2.05) is 30.3 Å². The van der Waals surface area contributed by atoms with Crippen molar-refractivity contribution in [2.75, 3.05) is 0 Å². The Bertz CT molecular complexity index is 859. The first-order valence-electron chi connectivity index (χ1n) is 9.25. The summed E-state index contributed by atoms with van der Waals surface area (Å²) in [6, 6.07) is 15.5. The van der Waals surface area contributed by atoms with Crippen LogP contribution in [0.15, 0.2) is 54.6 Å². The first-order chi connectivity index (χ1) is 13.6. The second-order valence-electron chi connectivity index (χ2n) is 7.54. The van der Waals surface area contributed by atoms with Gasteiger partial charge in [0.1, 0.15) is 12.4 Å². The van der Waals surface area contributed by atoms with Crippen LogP contribution in [-0.2, 0) is 16.1 Å². The molecule has 0 spiro atoms. The van der Waals surface area contributed by atoms with Gasteiger partial charge in [0.15, 0.2) is 6.10 Å². The molecule has 29 heavy (non-hydrogen) atoms. The number of carbonyl (C=O) groups is 3. The molecule has 7 nitrogen and oxygen atoms in total. The van der Waals surface area contributed by atoms with Crippen molar-refractivity contribution in [2.24, 2.45) is 0 Å². The van der Waals surface area contributed by atoms with Crippen molar-refractivity contribution in [3.8, 4) is 5.75 Å². The van der Waals surface area contributed by atoms with Crippen molar-refractivity contribution < 1.29 is 23.9 Å². The minimum absolute atomic E-state index is 0.245. The monoisotopic (exact) mass is 398 g/mol. The third kappa shape index (κ3) is 7.65. The van der Waals surface area contributed by atoms with Gasteiger partial charge in [0, 0.05) is 5.54 Å². The molecule has 2 aromatic carbocycles. The molecule has 0 saturated heterocycles. The normalized spacial score (nSPS) is 11.9. The Hall–Kier alpha value is -3.35. The maximum absolute atomic E-state index is 12.3. The second-order valence-corrected chi connectivity index (χ2v) is 7.54. The maximum Gasteiger partial charge on any atom is 0.339 e. The zero-order valence-electron chi connectivity index (χ0n) is 17.0. The highest BCUT2D eigenvalue weighted by Crippen LogP contribution is 2.16.